The Morgan fingerprint density at radius 3 is 2.82 bits per heavy atom. The van der Waals surface area contributed by atoms with Gasteiger partial charge in [-0.05, 0) is 58.1 Å². The summed E-state index contributed by atoms with van der Waals surface area (Å²) in [5.41, 5.74) is 1.37. The molecule has 0 aromatic carbocycles. The third kappa shape index (κ3) is 4.29. The SMILES string of the molecule is CC(C)(C)OC(=O)N1CCCCc2ccc(CCC=O)nc21. The summed E-state index contributed by atoms with van der Waals surface area (Å²) >= 11 is 0. The fourth-order valence-electron chi connectivity index (χ4n) is 2.48. The zero-order valence-corrected chi connectivity index (χ0v) is 13.6. The normalized spacial score (nSPS) is 15.0. The van der Waals surface area contributed by atoms with Gasteiger partial charge in [0.15, 0.2) is 0 Å². The summed E-state index contributed by atoms with van der Waals surface area (Å²) < 4.78 is 5.50. The highest BCUT2D eigenvalue weighted by atomic mass is 16.6. The van der Waals surface area contributed by atoms with Crippen molar-refractivity contribution in [3.63, 3.8) is 0 Å². The molecule has 0 aliphatic carbocycles. The quantitative estimate of drug-likeness (QED) is 0.804. The van der Waals surface area contributed by atoms with Crippen LogP contribution in [0.2, 0.25) is 0 Å². The standard InChI is InChI=1S/C17H24N2O3/c1-17(2,3)22-16(21)19-11-5-4-7-13-9-10-14(8-6-12-20)18-15(13)19/h9-10,12H,4-8,11H2,1-3H3. The second kappa shape index (κ2) is 6.90. The summed E-state index contributed by atoms with van der Waals surface area (Å²) in [4.78, 5) is 29.2. The highest BCUT2D eigenvalue weighted by molar-refractivity contribution is 5.87. The molecule has 5 nitrogen and oxygen atoms in total. The molecule has 1 aromatic rings. The first-order valence-electron chi connectivity index (χ1n) is 7.83. The molecule has 1 aromatic heterocycles. The fraction of sp³-hybridized carbons (Fsp3) is 0.588. The van der Waals surface area contributed by atoms with Gasteiger partial charge in [0, 0.05) is 18.7 Å². The molecule has 0 unspecified atom stereocenters. The predicted molar refractivity (Wildman–Crippen MR) is 85.1 cm³/mol. The summed E-state index contributed by atoms with van der Waals surface area (Å²) in [7, 11) is 0. The van der Waals surface area contributed by atoms with Gasteiger partial charge in [-0.3, -0.25) is 4.90 Å². The van der Waals surface area contributed by atoms with E-state index in [0.717, 1.165) is 36.8 Å². The molecule has 0 atom stereocenters. The largest absolute Gasteiger partial charge is 0.443 e. The van der Waals surface area contributed by atoms with Crippen LogP contribution in [0.25, 0.3) is 0 Å². The Hall–Kier alpha value is -1.91. The Morgan fingerprint density at radius 1 is 1.36 bits per heavy atom. The van der Waals surface area contributed by atoms with Gasteiger partial charge >= 0.3 is 6.09 Å². The van der Waals surface area contributed by atoms with Crippen LogP contribution in [0.1, 0.15) is 51.3 Å². The number of nitrogens with zero attached hydrogens (tertiary/aromatic N) is 2. The van der Waals surface area contributed by atoms with E-state index >= 15 is 0 Å². The van der Waals surface area contributed by atoms with Gasteiger partial charge in [-0.25, -0.2) is 9.78 Å². The van der Waals surface area contributed by atoms with Crippen molar-refractivity contribution in [1.29, 1.82) is 0 Å². The van der Waals surface area contributed by atoms with Crippen LogP contribution >= 0.6 is 0 Å². The maximum Gasteiger partial charge on any atom is 0.416 e. The Balaban J connectivity index is 2.29. The zero-order chi connectivity index (χ0) is 16.2. The molecule has 0 fully saturated rings. The van der Waals surface area contributed by atoms with Gasteiger partial charge in [-0.2, -0.15) is 0 Å². The minimum atomic E-state index is -0.529. The first-order valence-corrected chi connectivity index (χ1v) is 7.83. The number of hydrogen-bond acceptors (Lipinski definition) is 4. The molecular weight excluding hydrogens is 280 g/mol. The zero-order valence-electron chi connectivity index (χ0n) is 13.6. The Kier molecular flexibility index (Phi) is 5.16. The second-order valence-corrected chi connectivity index (χ2v) is 6.58. The van der Waals surface area contributed by atoms with Crippen LogP contribution in [-0.4, -0.2) is 29.5 Å². The van der Waals surface area contributed by atoms with E-state index in [0.29, 0.717) is 25.2 Å². The molecular formula is C17H24N2O3. The molecule has 1 amide bonds. The van der Waals surface area contributed by atoms with E-state index in [1.165, 1.54) is 0 Å². The lowest BCUT2D eigenvalue weighted by Crippen LogP contribution is -2.38. The molecule has 120 valence electrons. The van der Waals surface area contributed by atoms with Gasteiger partial charge in [-0.15, -0.1) is 0 Å². The third-order valence-corrected chi connectivity index (χ3v) is 3.48. The average molecular weight is 304 g/mol. The number of amides is 1. The minimum Gasteiger partial charge on any atom is -0.443 e. The summed E-state index contributed by atoms with van der Waals surface area (Å²) in [6, 6.07) is 3.96. The summed E-state index contributed by atoms with van der Waals surface area (Å²) in [5, 5.41) is 0. The molecule has 2 rings (SSSR count). The monoisotopic (exact) mass is 304 g/mol. The molecule has 2 heterocycles. The summed E-state index contributed by atoms with van der Waals surface area (Å²) in [5.74, 6) is 0.690. The number of fused-ring (bicyclic) bond motifs is 1. The van der Waals surface area contributed by atoms with Gasteiger partial charge in [0.25, 0.3) is 0 Å². The Bertz CT molecular complexity index is 549. The van der Waals surface area contributed by atoms with E-state index < -0.39 is 5.60 Å². The summed E-state index contributed by atoms with van der Waals surface area (Å²) in [6.45, 7) is 6.19. The van der Waals surface area contributed by atoms with Crippen LogP contribution in [0.3, 0.4) is 0 Å². The number of carbonyl (C=O) groups excluding carboxylic acids is 2. The number of pyridine rings is 1. The first kappa shape index (κ1) is 16.5. The van der Waals surface area contributed by atoms with Crippen molar-refractivity contribution < 1.29 is 14.3 Å². The summed E-state index contributed by atoms with van der Waals surface area (Å²) in [6.07, 6.45) is 4.45. The number of rotatable bonds is 3. The van der Waals surface area contributed by atoms with Crippen molar-refractivity contribution in [3.05, 3.63) is 23.4 Å². The topological polar surface area (TPSA) is 59.5 Å². The number of aldehydes is 1. The number of carbonyl (C=O) groups is 2. The number of hydrogen-bond donors (Lipinski definition) is 0. The average Bonchev–Trinajstić information content (AvgIpc) is 2.65. The number of anilines is 1. The van der Waals surface area contributed by atoms with E-state index in [-0.39, 0.29) is 6.09 Å². The van der Waals surface area contributed by atoms with E-state index in [9.17, 15) is 9.59 Å². The van der Waals surface area contributed by atoms with E-state index in [4.69, 9.17) is 4.74 Å². The second-order valence-electron chi connectivity index (χ2n) is 6.58. The van der Waals surface area contributed by atoms with Gasteiger partial charge < -0.3 is 9.53 Å². The van der Waals surface area contributed by atoms with Crippen LogP contribution < -0.4 is 4.90 Å². The number of ether oxygens (including phenoxy) is 1. The predicted octanol–water partition coefficient (Wildman–Crippen LogP) is 3.29. The molecule has 0 saturated carbocycles. The fourth-order valence-corrected chi connectivity index (χ4v) is 2.48. The molecule has 0 radical (unpaired) electrons. The van der Waals surface area contributed by atoms with E-state index in [1.54, 1.807) is 4.90 Å². The van der Waals surface area contributed by atoms with Gasteiger partial charge in [0.2, 0.25) is 0 Å². The van der Waals surface area contributed by atoms with E-state index in [2.05, 4.69) is 4.98 Å². The highest BCUT2D eigenvalue weighted by Crippen LogP contribution is 2.26. The van der Waals surface area contributed by atoms with Crippen LogP contribution in [0, 0.1) is 0 Å². The lowest BCUT2D eigenvalue weighted by molar-refractivity contribution is -0.107. The molecule has 1 aliphatic rings. The van der Waals surface area contributed by atoms with Crippen LogP contribution in [0.5, 0.6) is 0 Å². The van der Waals surface area contributed by atoms with Gasteiger partial charge in [-0.1, -0.05) is 6.07 Å². The van der Waals surface area contributed by atoms with E-state index in [1.807, 2.05) is 32.9 Å². The van der Waals surface area contributed by atoms with Crippen molar-refractivity contribution in [2.75, 3.05) is 11.4 Å². The molecule has 22 heavy (non-hydrogen) atoms. The molecule has 0 N–H and O–H groups in total. The molecule has 5 heteroatoms. The van der Waals surface area contributed by atoms with Crippen molar-refractivity contribution in [2.24, 2.45) is 0 Å². The maximum absolute atomic E-state index is 12.5. The minimum absolute atomic E-state index is 0.351. The van der Waals surface area contributed by atoms with Crippen molar-refractivity contribution in [3.8, 4) is 0 Å². The molecule has 1 aliphatic heterocycles. The van der Waals surface area contributed by atoms with Crippen molar-refractivity contribution in [2.45, 2.75) is 58.5 Å². The van der Waals surface area contributed by atoms with Crippen molar-refractivity contribution in [1.82, 2.24) is 4.98 Å². The third-order valence-electron chi connectivity index (χ3n) is 3.48. The smallest absolute Gasteiger partial charge is 0.416 e. The van der Waals surface area contributed by atoms with Gasteiger partial charge in [0.05, 0.1) is 0 Å². The highest BCUT2D eigenvalue weighted by Gasteiger charge is 2.27. The number of aromatic nitrogens is 1. The lowest BCUT2D eigenvalue weighted by Gasteiger charge is -2.27. The molecule has 0 spiro atoms. The Labute approximate surface area is 131 Å². The first-order chi connectivity index (χ1) is 10.4. The molecule has 0 bridgehead atoms. The molecule has 0 saturated heterocycles. The van der Waals surface area contributed by atoms with Crippen LogP contribution in [-0.2, 0) is 22.4 Å². The number of aryl methyl sites for hydroxylation is 2. The Morgan fingerprint density at radius 2 is 2.14 bits per heavy atom. The van der Waals surface area contributed by atoms with Crippen LogP contribution in [0.15, 0.2) is 12.1 Å². The lowest BCUT2D eigenvalue weighted by atomic mass is 10.1. The van der Waals surface area contributed by atoms with Crippen molar-refractivity contribution >= 4 is 18.2 Å². The van der Waals surface area contributed by atoms with Gasteiger partial charge in [0.1, 0.15) is 17.7 Å². The maximum atomic E-state index is 12.5. The van der Waals surface area contributed by atoms with Crippen LogP contribution in [0.4, 0.5) is 10.6 Å².